The second kappa shape index (κ2) is 5.44. The van der Waals surface area contributed by atoms with E-state index in [-0.39, 0.29) is 6.10 Å². The summed E-state index contributed by atoms with van der Waals surface area (Å²) in [5.74, 6) is 0. The normalized spacial score (nSPS) is 25.5. The first-order valence-corrected chi connectivity index (χ1v) is 4.52. The molecule has 1 aliphatic heterocycles. The summed E-state index contributed by atoms with van der Waals surface area (Å²) in [6.45, 7) is 6.13. The van der Waals surface area contributed by atoms with Crippen molar-refractivity contribution in [1.29, 1.82) is 0 Å². The standard InChI is InChI=1S/C10H14O4/c1-3-8-9(6-5-7-13-8)14-10(11)12-4-2/h3,5-6,8-9H,1,4,7H2,2H3/t8-,9-/m1/s1. The van der Waals surface area contributed by atoms with Crippen LogP contribution in [0.2, 0.25) is 0 Å². The fraction of sp³-hybridized carbons (Fsp3) is 0.500. The fourth-order valence-corrected chi connectivity index (χ4v) is 1.13. The van der Waals surface area contributed by atoms with E-state index in [9.17, 15) is 4.79 Å². The lowest BCUT2D eigenvalue weighted by Crippen LogP contribution is -2.33. The van der Waals surface area contributed by atoms with Gasteiger partial charge in [0, 0.05) is 0 Å². The Morgan fingerprint density at radius 3 is 3.21 bits per heavy atom. The topological polar surface area (TPSA) is 44.8 Å². The number of hydrogen-bond donors (Lipinski definition) is 0. The van der Waals surface area contributed by atoms with Crippen molar-refractivity contribution in [2.45, 2.75) is 19.1 Å². The zero-order chi connectivity index (χ0) is 10.4. The summed E-state index contributed by atoms with van der Waals surface area (Å²) < 4.78 is 14.9. The maximum absolute atomic E-state index is 11.0. The third-order valence-corrected chi connectivity index (χ3v) is 1.76. The number of rotatable bonds is 3. The first-order valence-electron chi connectivity index (χ1n) is 4.52. The summed E-state index contributed by atoms with van der Waals surface area (Å²) >= 11 is 0. The summed E-state index contributed by atoms with van der Waals surface area (Å²) in [5.41, 5.74) is 0. The van der Waals surface area contributed by atoms with Gasteiger partial charge in [-0.05, 0) is 13.0 Å². The Hall–Kier alpha value is -1.29. The van der Waals surface area contributed by atoms with E-state index in [0.717, 1.165) is 0 Å². The number of carbonyl (C=O) groups excluding carboxylic acids is 1. The van der Waals surface area contributed by atoms with Crippen LogP contribution in [0.15, 0.2) is 24.8 Å². The van der Waals surface area contributed by atoms with Crippen molar-refractivity contribution in [2.24, 2.45) is 0 Å². The SMILES string of the molecule is C=C[C@H]1OCC=C[C@H]1OC(=O)OCC. The van der Waals surface area contributed by atoms with E-state index in [1.54, 1.807) is 25.2 Å². The van der Waals surface area contributed by atoms with Gasteiger partial charge in [0.1, 0.15) is 6.10 Å². The van der Waals surface area contributed by atoms with Gasteiger partial charge < -0.3 is 14.2 Å². The molecule has 0 saturated carbocycles. The minimum atomic E-state index is -0.681. The lowest BCUT2D eigenvalue weighted by atomic mass is 10.1. The molecule has 78 valence electrons. The highest BCUT2D eigenvalue weighted by molar-refractivity contribution is 5.60. The van der Waals surface area contributed by atoms with Crippen molar-refractivity contribution in [3.05, 3.63) is 24.8 Å². The Morgan fingerprint density at radius 1 is 1.79 bits per heavy atom. The lowest BCUT2D eigenvalue weighted by molar-refractivity contribution is -0.0252. The molecule has 0 bridgehead atoms. The van der Waals surface area contributed by atoms with Gasteiger partial charge in [0.05, 0.1) is 13.2 Å². The molecule has 0 N–H and O–H groups in total. The molecule has 0 aliphatic carbocycles. The van der Waals surface area contributed by atoms with E-state index < -0.39 is 12.3 Å². The van der Waals surface area contributed by atoms with E-state index in [4.69, 9.17) is 9.47 Å². The molecule has 0 aromatic rings. The summed E-state index contributed by atoms with van der Waals surface area (Å²) in [5, 5.41) is 0. The summed E-state index contributed by atoms with van der Waals surface area (Å²) in [7, 11) is 0. The van der Waals surface area contributed by atoms with E-state index in [2.05, 4.69) is 11.3 Å². The van der Waals surface area contributed by atoms with Crippen LogP contribution in [0.25, 0.3) is 0 Å². The van der Waals surface area contributed by atoms with E-state index in [0.29, 0.717) is 13.2 Å². The first kappa shape index (κ1) is 10.8. The van der Waals surface area contributed by atoms with Crippen molar-refractivity contribution in [1.82, 2.24) is 0 Å². The molecule has 0 aromatic carbocycles. The largest absolute Gasteiger partial charge is 0.508 e. The van der Waals surface area contributed by atoms with Crippen LogP contribution in [0.3, 0.4) is 0 Å². The van der Waals surface area contributed by atoms with Crippen LogP contribution in [0.5, 0.6) is 0 Å². The third kappa shape index (κ3) is 2.88. The smallest absolute Gasteiger partial charge is 0.435 e. The Kier molecular flexibility index (Phi) is 4.19. The first-order chi connectivity index (χ1) is 6.77. The van der Waals surface area contributed by atoms with Gasteiger partial charge in [-0.3, -0.25) is 0 Å². The van der Waals surface area contributed by atoms with Crippen molar-refractivity contribution >= 4 is 6.16 Å². The average Bonchev–Trinajstić information content (AvgIpc) is 2.19. The molecule has 0 amide bonds. The minimum Gasteiger partial charge on any atom is -0.435 e. The fourth-order valence-electron chi connectivity index (χ4n) is 1.13. The second-order valence-electron chi connectivity index (χ2n) is 2.73. The minimum absolute atomic E-state index is 0.288. The van der Waals surface area contributed by atoms with Crippen LogP contribution in [0.1, 0.15) is 6.92 Å². The van der Waals surface area contributed by atoms with Crippen molar-refractivity contribution in [3.8, 4) is 0 Å². The van der Waals surface area contributed by atoms with Gasteiger partial charge >= 0.3 is 6.16 Å². The Labute approximate surface area is 83.1 Å². The van der Waals surface area contributed by atoms with Crippen LogP contribution in [-0.4, -0.2) is 31.6 Å². The highest BCUT2D eigenvalue weighted by Gasteiger charge is 2.23. The van der Waals surface area contributed by atoms with Crippen molar-refractivity contribution in [3.63, 3.8) is 0 Å². The average molecular weight is 198 g/mol. The molecule has 0 aromatic heterocycles. The number of hydrogen-bond acceptors (Lipinski definition) is 4. The Balaban J connectivity index is 2.48. The summed E-state index contributed by atoms with van der Waals surface area (Å²) in [6, 6.07) is 0. The van der Waals surface area contributed by atoms with Crippen LogP contribution in [0.4, 0.5) is 4.79 Å². The second-order valence-corrected chi connectivity index (χ2v) is 2.73. The highest BCUT2D eigenvalue weighted by Crippen LogP contribution is 2.12. The Bertz CT molecular complexity index is 234. The van der Waals surface area contributed by atoms with Gasteiger partial charge in [-0.15, -0.1) is 6.58 Å². The third-order valence-electron chi connectivity index (χ3n) is 1.76. The Morgan fingerprint density at radius 2 is 2.57 bits per heavy atom. The number of carbonyl (C=O) groups is 1. The van der Waals surface area contributed by atoms with E-state index in [1.165, 1.54) is 0 Å². The van der Waals surface area contributed by atoms with Crippen molar-refractivity contribution in [2.75, 3.05) is 13.2 Å². The zero-order valence-corrected chi connectivity index (χ0v) is 8.14. The predicted octanol–water partition coefficient (Wildman–Crippen LogP) is 1.67. The van der Waals surface area contributed by atoms with Crippen LogP contribution >= 0.6 is 0 Å². The maximum Gasteiger partial charge on any atom is 0.508 e. The molecular formula is C10H14O4. The van der Waals surface area contributed by atoms with Crippen LogP contribution in [0, 0.1) is 0 Å². The molecule has 0 radical (unpaired) electrons. The molecule has 4 heteroatoms. The monoisotopic (exact) mass is 198 g/mol. The molecule has 0 unspecified atom stereocenters. The van der Waals surface area contributed by atoms with Crippen molar-refractivity contribution < 1.29 is 19.0 Å². The summed E-state index contributed by atoms with van der Waals surface area (Å²) in [6.07, 6.45) is 3.77. The summed E-state index contributed by atoms with van der Waals surface area (Å²) in [4.78, 5) is 11.0. The van der Waals surface area contributed by atoms with E-state index >= 15 is 0 Å². The maximum atomic E-state index is 11.0. The molecule has 1 rings (SSSR count). The molecule has 4 nitrogen and oxygen atoms in total. The van der Waals surface area contributed by atoms with Gasteiger partial charge in [-0.1, -0.05) is 12.2 Å². The molecular weight excluding hydrogens is 184 g/mol. The van der Waals surface area contributed by atoms with Crippen LogP contribution < -0.4 is 0 Å². The quantitative estimate of drug-likeness (QED) is 0.511. The molecule has 14 heavy (non-hydrogen) atoms. The van der Waals surface area contributed by atoms with Gasteiger partial charge in [-0.25, -0.2) is 4.79 Å². The molecule has 1 heterocycles. The van der Waals surface area contributed by atoms with Gasteiger partial charge in [0.2, 0.25) is 0 Å². The van der Waals surface area contributed by atoms with Gasteiger partial charge in [0.15, 0.2) is 6.10 Å². The highest BCUT2D eigenvalue weighted by atomic mass is 16.7. The number of ether oxygens (including phenoxy) is 3. The van der Waals surface area contributed by atoms with Gasteiger partial charge in [0.25, 0.3) is 0 Å². The van der Waals surface area contributed by atoms with Crippen LogP contribution in [-0.2, 0) is 14.2 Å². The van der Waals surface area contributed by atoms with Gasteiger partial charge in [-0.2, -0.15) is 0 Å². The molecule has 0 spiro atoms. The molecule has 0 saturated heterocycles. The van der Waals surface area contributed by atoms with E-state index in [1.807, 2.05) is 0 Å². The molecule has 1 aliphatic rings. The molecule has 2 atom stereocenters. The lowest BCUT2D eigenvalue weighted by Gasteiger charge is -2.24. The zero-order valence-electron chi connectivity index (χ0n) is 8.14. The molecule has 0 fully saturated rings. The predicted molar refractivity (Wildman–Crippen MR) is 51.0 cm³/mol.